The van der Waals surface area contributed by atoms with E-state index in [0.717, 1.165) is 11.3 Å². The monoisotopic (exact) mass is 300 g/mol. The van der Waals surface area contributed by atoms with Gasteiger partial charge in [-0.3, -0.25) is 14.9 Å². The Labute approximate surface area is 119 Å². The summed E-state index contributed by atoms with van der Waals surface area (Å²) in [6, 6.07) is 0.174. The second kappa shape index (κ2) is 6.47. The molecule has 0 aromatic carbocycles. The lowest BCUT2D eigenvalue weighted by Gasteiger charge is -2.15. The predicted octanol–water partition coefficient (Wildman–Crippen LogP) is 2.19. The van der Waals surface area contributed by atoms with Gasteiger partial charge in [0.05, 0.1) is 14.7 Å². The van der Waals surface area contributed by atoms with Crippen molar-refractivity contribution in [1.29, 1.82) is 0 Å². The van der Waals surface area contributed by atoms with Crippen LogP contribution in [-0.2, 0) is 4.79 Å². The molecular weight excluding hydrogens is 284 g/mol. The fourth-order valence-electron chi connectivity index (χ4n) is 1.69. The Bertz CT molecular complexity index is 538. The first-order valence-electron chi connectivity index (χ1n) is 6.00. The Balaban J connectivity index is 2.86. The van der Waals surface area contributed by atoms with Crippen LogP contribution in [0.15, 0.2) is 6.07 Å². The average Bonchev–Trinajstić information content (AvgIpc) is 2.69. The number of aryl methyl sites for hydroxylation is 1. The lowest BCUT2D eigenvalue weighted by molar-refractivity contribution is -0.385. The summed E-state index contributed by atoms with van der Waals surface area (Å²) in [5.74, 6) is -1.61. The molecule has 20 heavy (non-hydrogen) atoms. The zero-order chi connectivity index (χ0) is 15.4. The maximum absolute atomic E-state index is 11.9. The van der Waals surface area contributed by atoms with Crippen molar-refractivity contribution in [3.05, 3.63) is 25.9 Å². The van der Waals surface area contributed by atoms with E-state index in [1.165, 1.54) is 6.07 Å². The highest BCUT2D eigenvalue weighted by Gasteiger charge is 2.25. The molecule has 8 heteroatoms. The zero-order valence-corrected chi connectivity index (χ0v) is 12.2. The number of rotatable bonds is 6. The van der Waals surface area contributed by atoms with Gasteiger partial charge < -0.3 is 10.4 Å². The molecule has 1 amide bonds. The molecule has 7 nitrogen and oxygen atoms in total. The molecule has 1 atom stereocenters. The van der Waals surface area contributed by atoms with Crippen molar-refractivity contribution >= 4 is 28.9 Å². The lowest BCUT2D eigenvalue weighted by Crippen LogP contribution is -2.41. The molecule has 1 aromatic rings. The SMILES string of the molecule is Cc1sc(C(=O)N[C@H](CC(C)C)C(=O)O)cc1[N+](=O)[O-]. The molecular formula is C12H16N2O5S. The van der Waals surface area contributed by atoms with Crippen LogP contribution in [0.25, 0.3) is 0 Å². The summed E-state index contributed by atoms with van der Waals surface area (Å²) in [4.78, 5) is 33.7. The maximum Gasteiger partial charge on any atom is 0.326 e. The van der Waals surface area contributed by atoms with E-state index in [0.29, 0.717) is 11.3 Å². The highest BCUT2D eigenvalue weighted by molar-refractivity contribution is 7.14. The number of nitrogens with one attached hydrogen (secondary N) is 1. The molecule has 0 fully saturated rings. The third-order valence-corrected chi connectivity index (χ3v) is 3.66. The van der Waals surface area contributed by atoms with Crippen molar-refractivity contribution in [2.45, 2.75) is 33.2 Å². The minimum Gasteiger partial charge on any atom is -0.480 e. The van der Waals surface area contributed by atoms with Crippen LogP contribution in [0.3, 0.4) is 0 Å². The number of hydrogen-bond donors (Lipinski definition) is 2. The minimum atomic E-state index is -1.12. The molecule has 0 aliphatic rings. The fraction of sp³-hybridized carbons (Fsp3) is 0.500. The molecule has 110 valence electrons. The van der Waals surface area contributed by atoms with E-state index in [4.69, 9.17) is 5.11 Å². The van der Waals surface area contributed by atoms with Crippen LogP contribution in [0.1, 0.15) is 34.8 Å². The van der Waals surface area contributed by atoms with Gasteiger partial charge in [0.15, 0.2) is 0 Å². The van der Waals surface area contributed by atoms with E-state index in [-0.39, 0.29) is 16.5 Å². The Hall–Kier alpha value is -1.96. The molecule has 0 aliphatic heterocycles. The van der Waals surface area contributed by atoms with Crippen molar-refractivity contribution in [3.8, 4) is 0 Å². The van der Waals surface area contributed by atoms with Crippen LogP contribution < -0.4 is 5.32 Å². The average molecular weight is 300 g/mol. The predicted molar refractivity (Wildman–Crippen MR) is 74.1 cm³/mol. The number of nitrogens with zero attached hydrogens (tertiary/aromatic N) is 1. The molecule has 0 radical (unpaired) electrons. The highest BCUT2D eigenvalue weighted by atomic mass is 32.1. The van der Waals surface area contributed by atoms with Gasteiger partial charge in [-0.15, -0.1) is 11.3 Å². The number of carbonyl (C=O) groups excluding carboxylic acids is 1. The number of hydrogen-bond acceptors (Lipinski definition) is 5. The quantitative estimate of drug-likeness (QED) is 0.618. The van der Waals surface area contributed by atoms with Gasteiger partial charge in [-0.1, -0.05) is 13.8 Å². The second-order valence-corrected chi connectivity index (χ2v) is 6.06. The molecule has 1 heterocycles. The summed E-state index contributed by atoms with van der Waals surface area (Å²) < 4.78 is 0. The van der Waals surface area contributed by atoms with E-state index < -0.39 is 22.8 Å². The largest absolute Gasteiger partial charge is 0.480 e. The number of thiophene rings is 1. The van der Waals surface area contributed by atoms with Gasteiger partial charge in [-0.25, -0.2) is 4.79 Å². The molecule has 0 unspecified atom stereocenters. The number of aliphatic carboxylic acids is 1. The first-order valence-corrected chi connectivity index (χ1v) is 6.82. The molecule has 0 aliphatic carbocycles. The summed E-state index contributed by atoms with van der Waals surface area (Å²) in [6.45, 7) is 5.24. The maximum atomic E-state index is 11.9. The van der Waals surface area contributed by atoms with E-state index >= 15 is 0 Å². The van der Waals surface area contributed by atoms with E-state index in [9.17, 15) is 19.7 Å². The molecule has 0 bridgehead atoms. The van der Waals surface area contributed by atoms with Gasteiger partial charge >= 0.3 is 5.97 Å². The minimum absolute atomic E-state index is 0.107. The van der Waals surface area contributed by atoms with E-state index in [1.54, 1.807) is 6.92 Å². The van der Waals surface area contributed by atoms with Crippen LogP contribution in [0.2, 0.25) is 0 Å². The first-order chi connectivity index (χ1) is 9.22. The molecule has 2 N–H and O–H groups in total. The summed E-state index contributed by atoms with van der Waals surface area (Å²) >= 11 is 0.977. The zero-order valence-electron chi connectivity index (χ0n) is 11.4. The van der Waals surface area contributed by atoms with Crippen molar-refractivity contribution < 1.29 is 19.6 Å². The van der Waals surface area contributed by atoms with Crippen LogP contribution >= 0.6 is 11.3 Å². The van der Waals surface area contributed by atoms with Crippen LogP contribution in [0.4, 0.5) is 5.69 Å². The van der Waals surface area contributed by atoms with Gasteiger partial charge in [0, 0.05) is 6.07 Å². The number of carboxylic acids is 1. The second-order valence-electron chi connectivity index (χ2n) is 4.80. The van der Waals surface area contributed by atoms with Crippen molar-refractivity contribution in [2.24, 2.45) is 5.92 Å². The molecule has 1 aromatic heterocycles. The molecule has 1 rings (SSSR count). The van der Waals surface area contributed by atoms with Crippen LogP contribution in [0.5, 0.6) is 0 Å². The number of amides is 1. The smallest absolute Gasteiger partial charge is 0.326 e. The lowest BCUT2D eigenvalue weighted by atomic mass is 10.0. The third kappa shape index (κ3) is 4.02. The van der Waals surface area contributed by atoms with Crippen molar-refractivity contribution in [3.63, 3.8) is 0 Å². The van der Waals surface area contributed by atoms with Gasteiger partial charge in [-0.05, 0) is 19.3 Å². The summed E-state index contributed by atoms with van der Waals surface area (Å²) in [7, 11) is 0. The number of nitro groups is 1. The Morgan fingerprint density at radius 1 is 1.50 bits per heavy atom. The van der Waals surface area contributed by atoms with Crippen LogP contribution in [-0.4, -0.2) is 27.9 Å². The standard InChI is InChI=1S/C12H16N2O5S/c1-6(2)4-8(12(16)17)13-11(15)10-5-9(14(18)19)7(3)20-10/h5-6,8H,4H2,1-3H3,(H,13,15)(H,16,17)/t8-/m1/s1. The van der Waals surface area contributed by atoms with Gasteiger partial charge in [0.1, 0.15) is 6.04 Å². The highest BCUT2D eigenvalue weighted by Crippen LogP contribution is 2.28. The van der Waals surface area contributed by atoms with E-state index in [2.05, 4.69) is 5.32 Å². The molecule has 0 saturated carbocycles. The van der Waals surface area contributed by atoms with Crippen LogP contribution in [0, 0.1) is 23.0 Å². The normalized spacial score (nSPS) is 12.2. The van der Waals surface area contributed by atoms with Gasteiger partial charge in [-0.2, -0.15) is 0 Å². The molecule has 0 saturated heterocycles. The Kier molecular flexibility index (Phi) is 5.20. The van der Waals surface area contributed by atoms with Gasteiger partial charge in [0.2, 0.25) is 0 Å². The Morgan fingerprint density at radius 2 is 2.10 bits per heavy atom. The van der Waals surface area contributed by atoms with E-state index in [1.807, 2.05) is 13.8 Å². The molecule has 0 spiro atoms. The number of carboxylic acid groups (broad SMARTS) is 1. The Morgan fingerprint density at radius 3 is 2.50 bits per heavy atom. The third-order valence-electron chi connectivity index (χ3n) is 2.62. The first kappa shape index (κ1) is 16.1. The van der Waals surface area contributed by atoms with Crippen molar-refractivity contribution in [1.82, 2.24) is 5.32 Å². The number of carbonyl (C=O) groups is 2. The topological polar surface area (TPSA) is 110 Å². The summed E-state index contributed by atoms with van der Waals surface area (Å²) in [5.41, 5.74) is -0.129. The fourth-order valence-corrected chi connectivity index (χ4v) is 2.58. The van der Waals surface area contributed by atoms with Gasteiger partial charge in [0.25, 0.3) is 11.6 Å². The summed E-state index contributed by atoms with van der Waals surface area (Å²) in [6.07, 6.45) is 0.299. The van der Waals surface area contributed by atoms with Crippen molar-refractivity contribution in [2.75, 3.05) is 0 Å². The summed E-state index contributed by atoms with van der Waals surface area (Å²) in [5, 5.41) is 22.2.